The Morgan fingerprint density at radius 2 is 1.71 bits per heavy atom. The molecule has 3 aromatic carbocycles. The molecule has 0 aliphatic heterocycles. The minimum absolute atomic E-state index is 0.0356. The number of nitrogens with zero attached hydrogens (tertiary/aromatic N) is 2. The molecule has 0 spiro atoms. The van der Waals surface area contributed by atoms with Crippen LogP contribution in [0.2, 0.25) is 0 Å². The molecule has 0 unspecified atom stereocenters. The summed E-state index contributed by atoms with van der Waals surface area (Å²) < 4.78 is 30.6. The van der Waals surface area contributed by atoms with Gasteiger partial charge < -0.3 is 14.6 Å². The third-order valence-electron chi connectivity index (χ3n) is 5.42. The van der Waals surface area contributed by atoms with E-state index in [1.165, 1.54) is 21.6 Å². The maximum Gasteiger partial charge on any atom is 0.355 e. The molecule has 158 valence electrons. The standard InChI is InChI=1S/C24H20F2N2O3/c1-27(2)20(29)11-15-6-4-8-19-21(15)22(26)23(24(30)31)28(19)13-16-7-3-5-14-9-10-17(25)12-18(14)16/h3-10,12H,11,13H2,1-2H3,(H,30,31). The molecule has 4 rings (SSSR count). The molecule has 0 radical (unpaired) electrons. The number of aromatic carboxylic acids is 1. The van der Waals surface area contributed by atoms with Crippen LogP contribution in [0, 0.1) is 11.6 Å². The fourth-order valence-corrected chi connectivity index (χ4v) is 3.88. The van der Waals surface area contributed by atoms with Gasteiger partial charge >= 0.3 is 5.97 Å². The highest BCUT2D eigenvalue weighted by Gasteiger charge is 2.25. The number of rotatable bonds is 5. The molecule has 1 aromatic heterocycles. The predicted molar refractivity (Wildman–Crippen MR) is 114 cm³/mol. The minimum atomic E-state index is -1.41. The SMILES string of the molecule is CN(C)C(=O)Cc1cccc2c1c(F)c(C(=O)O)n2Cc1cccc2ccc(F)cc12. The molecule has 0 saturated carbocycles. The number of likely N-dealkylation sites (N-methyl/N-ethyl adjacent to an activating group) is 1. The molecule has 5 nitrogen and oxygen atoms in total. The first kappa shape index (κ1) is 20.5. The van der Waals surface area contributed by atoms with E-state index >= 15 is 4.39 Å². The second-order valence-electron chi connectivity index (χ2n) is 7.61. The fourth-order valence-electron chi connectivity index (χ4n) is 3.88. The van der Waals surface area contributed by atoms with E-state index in [4.69, 9.17) is 0 Å². The number of halogens is 2. The number of carbonyl (C=O) groups is 2. The Morgan fingerprint density at radius 1 is 1.00 bits per heavy atom. The van der Waals surface area contributed by atoms with Gasteiger partial charge in [-0.25, -0.2) is 13.6 Å². The molecule has 0 aliphatic rings. The number of carboxylic acids is 1. The molecule has 31 heavy (non-hydrogen) atoms. The van der Waals surface area contributed by atoms with Gasteiger partial charge in [0.2, 0.25) is 5.91 Å². The van der Waals surface area contributed by atoms with Crippen LogP contribution in [0.4, 0.5) is 8.78 Å². The van der Waals surface area contributed by atoms with Crippen molar-refractivity contribution in [2.75, 3.05) is 14.1 Å². The maximum absolute atomic E-state index is 15.3. The second kappa shape index (κ2) is 7.83. The largest absolute Gasteiger partial charge is 0.476 e. The fraction of sp³-hybridized carbons (Fsp3) is 0.167. The van der Waals surface area contributed by atoms with Crippen LogP contribution < -0.4 is 0 Å². The molecule has 4 aromatic rings. The maximum atomic E-state index is 15.3. The quantitative estimate of drug-likeness (QED) is 0.517. The van der Waals surface area contributed by atoms with Gasteiger partial charge in [-0.2, -0.15) is 0 Å². The highest BCUT2D eigenvalue weighted by atomic mass is 19.1. The Hall–Kier alpha value is -3.74. The zero-order valence-electron chi connectivity index (χ0n) is 17.0. The van der Waals surface area contributed by atoms with Gasteiger partial charge in [0.25, 0.3) is 0 Å². The van der Waals surface area contributed by atoms with Crippen LogP contribution in [0.25, 0.3) is 21.7 Å². The molecular weight excluding hydrogens is 402 g/mol. The van der Waals surface area contributed by atoms with E-state index in [0.29, 0.717) is 22.0 Å². The highest BCUT2D eigenvalue weighted by Crippen LogP contribution is 2.31. The predicted octanol–water partition coefficient (Wildman–Crippen LogP) is 4.45. The molecule has 0 saturated heterocycles. The van der Waals surface area contributed by atoms with Crippen LogP contribution in [0.5, 0.6) is 0 Å². The van der Waals surface area contributed by atoms with Crippen molar-refractivity contribution in [3.63, 3.8) is 0 Å². The molecule has 1 amide bonds. The average Bonchev–Trinajstić information content (AvgIpc) is 3.01. The van der Waals surface area contributed by atoms with Gasteiger partial charge in [0.1, 0.15) is 5.82 Å². The van der Waals surface area contributed by atoms with Gasteiger partial charge in [0.15, 0.2) is 11.5 Å². The molecule has 0 aliphatic carbocycles. The van der Waals surface area contributed by atoms with Gasteiger partial charge in [0.05, 0.1) is 11.9 Å². The van der Waals surface area contributed by atoms with E-state index in [-0.39, 0.29) is 24.3 Å². The van der Waals surface area contributed by atoms with Crippen molar-refractivity contribution in [2.45, 2.75) is 13.0 Å². The van der Waals surface area contributed by atoms with E-state index in [1.807, 2.05) is 6.07 Å². The van der Waals surface area contributed by atoms with Gasteiger partial charge in [-0.1, -0.05) is 36.4 Å². The first-order valence-corrected chi connectivity index (χ1v) is 9.68. The van der Waals surface area contributed by atoms with Crippen LogP contribution >= 0.6 is 0 Å². The van der Waals surface area contributed by atoms with Crippen molar-refractivity contribution >= 4 is 33.6 Å². The normalized spacial score (nSPS) is 11.2. The first-order chi connectivity index (χ1) is 14.8. The third-order valence-corrected chi connectivity index (χ3v) is 5.42. The van der Waals surface area contributed by atoms with Crippen molar-refractivity contribution in [1.29, 1.82) is 0 Å². The van der Waals surface area contributed by atoms with Crippen LogP contribution in [0.15, 0.2) is 54.6 Å². The summed E-state index contributed by atoms with van der Waals surface area (Å²) in [6, 6.07) is 14.7. The number of aromatic nitrogens is 1. The van der Waals surface area contributed by atoms with Gasteiger partial charge in [-0.15, -0.1) is 0 Å². The molecular formula is C24H20F2N2O3. The van der Waals surface area contributed by atoms with Crippen molar-refractivity contribution in [2.24, 2.45) is 0 Å². The van der Waals surface area contributed by atoms with E-state index in [9.17, 15) is 19.1 Å². The minimum Gasteiger partial charge on any atom is -0.476 e. The van der Waals surface area contributed by atoms with Gasteiger partial charge in [-0.05, 0) is 40.1 Å². The zero-order valence-corrected chi connectivity index (χ0v) is 17.0. The summed E-state index contributed by atoms with van der Waals surface area (Å²) in [4.78, 5) is 25.6. The first-order valence-electron chi connectivity index (χ1n) is 9.68. The number of benzene rings is 3. The lowest BCUT2D eigenvalue weighted by Crippen LogP contribution is -2.23. The van der Waals surface area contributed by atoms with Crippen LogP contribution in [-0.4, -0.2) is 40.5 Å². The van der Waals surface area contributed by atoms with Crippen LogP contribution in [-0.2, 0) is 17.8 Å². The molecule has 0 fully saturated rings. The molecule has 0 bridgehead atoms. The lowest BCUT2D eigenvalue weighted by Gasteiger charge is -2.12. The summed E-state index contributed by atoms with van der Waals surface area (Å²) >= 11 is 0. The summed E-state index contributed by atoms with van der Waals surface area (Å²) in [5, 5.41) is 11.3. The van der Waals surface area contributed by atoms with E-state index in [2.05, 4.69) is 0 Å². The molecule has 1 N–H and O–H groups in total. The van der Waals surface area contributed by atoms with Crippen molar-refractivity contribution in [3.8, 4) is 0 Å². The molecule has 7 heteroatoms. The monoisotopic (exact) mass is 422 g/mol. The summed E-state index contributed by atoms with van der Waals surface area (Å²) in [5.41, 5.74) is 0.950. The van der Waals surface area contributed by atoms with Crippen molar-refractivity contribution in [3.05, 3.63) is 83.1 Å². The van der Waals surface area contributed by atoms with Crippen molar-refractivity contribution in [1.82, 2.24) is 9.47 Å². The Morgan fingerprint density at radius 3 is 2.42 bits per heavy atom. The Labute approximate surface area is 177 Å². The Bertz CT molecular complexity index is 1340. The van der Waals surface area contributed by atoms with Crippen molar-refractivity contribution < 1.29 is 23.5 Å². The highest BCUT2D eigenvalue weighted by molar-refractivity contribution is 5.98. The Balaban J connectivity index is 1.93. The number of carboxylic acid groups (broad SMARTS) is 1. The van der Waals surface area contributed by atoms with E-state index in [1.54, 1.807) is 50.5 Å². The summed E-state index contributed by atoms with van der Waals surface area (Å²) in [6.07, 6.45) is -0.0518. The Kier molecular flexibility index (Phi) is 5.19. The van der Waals surface area contributed by atoms with Crippen LogP contribution in [0.1, 0.15) is 21.6 Å². The average molecular weight is 422 g/mol. The summed E-state index contributed by atoms with van der Waals surface area (Å²) in [5.74, 6) is -2.92. The van der Waals surface area contributed by atoms with Crippen LogP contribution in [0.3, 0.4) is 0 Å². The smallest absolute Gasteiger partial charge is 0.355 e. The lowest BCUT2D eigenvalue weighted by molar-refractivity contribution is -0.127. The topological polar surface area (TPSA) is 62.5 Å². The number of hydrogen-bond donors (Lipinski definition) is 1. The van der Waals surface area contributed by atoms with E-state index in [0.717, 1.165) is 5.39 Å². The second-order valence-corrected chi connectivity index (χ2v) is 7.61. The number of amides is 1. The number of fused-ring (bicyclic) bond motifs is 2. The zero-order chi connectivity index (χ0) is 22.3. The summed E-state index contributed by atoms with van der Waals surface area (Å²) in [7, 11) is 3.21. The lowest BCUT2D eigenvalue weighted by atomic mass is 10.0. The van der Waals surface area contributed by atoms with Gasteiger partial charge in [-0.3, -0.25) is 4.79 Å². The number of carbonyl (C=O) groups excluding carboxylic acids is 1. The molecule has 0 atom stereocenters. The number of hydrogen-bond acceptors (Lipinski definition) is 2. The third kappa shape index (κ3) is 3.63. The van der Waals surface area contributed by atoms with E-state index < -0.39 is 23.3 Å². The summed E-state index contributed by atoms with van der Waals surface area (Å²) in [6.45, 7) is 0.0356. The molecule has 1 heterocycles. The van der Waals surface area contributed by atoms with Gasteiger partial charge in [0, 0.05) is 26.0 Å².